The molecule has 0 aromatic rings. The minimum Gasteiger partial charge on any atom is -0.348 e. The zero-order valence-corrected chi connectivity index (χ0v) is 10.8. The molecule has 1 saturated heterocycles. The first-order chi connectivity index (χ1) is 7.09. The number of carbonyl (C=O) groups excluding carboxylic acids is 1. The van der Waals surface area contributed by atoms with Crippen LogP contribution in [0.15, 0.2) is 0 Å². The summed E-state index contributed by atoms with van der Waals surface area (Å²) in [6.45, 7) is 8.73. The average molecular weight is 215 g/mol. The third kappa shape index (κ3) is 5.74. The van der Waals surface area contributed by atoms with E-state index in [1.807, 2.05) is 13.8 Å². The van der Waals surface area contributed by atoms with Gasteiger partial charge in [-0.25, -0.2) is 0 Å². The van der Waals surface area contributed by atoms with Crippen molar-refractivity contribution in [2.75, 3.05) is 53.9 Å². The van der Waals surface area contributed by atoms with Crippen LogP contribution in [0.2, 0.25) is 0 Å². The van der Waals surface area contributed by atoms with Gasteiger partial charge < -0.3 is 9.80 Å². The molecule has 0 aromatic heterocycles. The number of rotatable bonds is 2. The van der Waals surface area contributed by atoms with E-state index in [-0.39, 0.29) is 5.91 Å². The fraction of sp³-hybridized carbons (Fsp3) is 0.909. The summed E-state index contributed by atoms with van der Waals surface area (Å²) in [4.78, 5) is 17.5. The van der Waals surface area contributed by atoms with Gasteiger partial charge in [-0.15, -0.1) is 0 Å². The largest absolute Gasteiger partial charge is 0.348 e. The molecule has 1 fully saturated rings. The number of likely N-dealkylation sites (N-methyl/N-ethyl adjacent to an activating group) is 2. The third-order valence-electron chi connectivity index (χ3n) is 2.45. The van der Waals surface area contributed by atoms with Gasteiger partial charge in [0.25, 0.3) is 0 Å². The van der Waals surface area contributed by atoms with Gasteiger partial charge in [0.1, 0.15) is 0 Å². The SMILES string of the molecule is CC.CN1CCN(CC(=O)N(C)C)CC1. The third-order valence-corrected chi connectivity index (χ3v) is 2.45. The van der Waals surface area contributed by atoms with Crippen LogP contribution in [0.4, 0.5) is 0 Å². The summed E-state index contributed by atoms with van der Waals surface area (Å²) >= 11 is 0. The minimum absolute atomic E-state index is 0.199. The predicted octanol–water partition coefficient (Wildman–Crippen LogP) is 0.348. The number of amides is 1. The van der Waals surface area contributed by atoms with Crippen LogP contribution >= 0.6 is 0 Å². The summed E-state index contributed by atoms with van der Waals surface area (Å²) in [5.74, 6) is 0.199. The second kappa shape index (κ2) is 7.65. The molecule has 15 heavy (non-hydrogen) atoms. The lowest BCUT2D eigenvalue weighted by atomic mass is 10.3. The molecule has 0 spiro atoms. The second-order valence-corrected chi connectivity index (χ2v) is 3.87. The molecule has 4 heteroatoms. The van der Waals surface area contributed by atoms with Crippen molar-refractivity contribution in [1.29, 1.82) is 0 Å². The van der Waals surface area contributed by atoms with Crippen LogP contribution in [0.3, 0.4) is 0 Å². The molecule has 0 unspecified atom stereocenters. The van der Waals surface area contributed by atoms with Crippen molar-refractivity contribution in [3.63, 3.8) is 0 Å². The van der Waals surface area contributed by atoms with Crippen LogP contribution in [-0.2, 0) is 4.79 Å². The summed E-state index contributed by atoms with van der Waals surface area (Å²) in [6, 6.07) is 0. The fourth-order valence-electron chi connectivity index (χ4n) is 1.34. The van der Waals surface area contributed by atoms with Gasteiger partial charge in [0.2, 0.25) is 5.91 Å². The van der Waals surface area contributed by atoms with Gasteiger partial charge in [-0.3, -0.25) is 9.69 Å². The van der Waals surface area contributed by atoms with E-state index in [0.717, 1.165) is 26.2 Å². The second-order valence-electron chi connectivity index (χ2n) is 3.87. The van der Waals surface area contributed by atoms with E-state index in [1.54, 1.807) is 19.0 Å². The number of piperazine rings is 1. The van der Waals surface area contributed by atoms with Gasteiger partial charge in [0.05, 0.1) is 6.54 Å². The molecule has 0 atom stereocenters. The minimum atomic E-state index is 0.199. The van der Waals surface area contributed by atoms with Gasteiger partial charge in [-0.2, -0.15) is 0 Å². The predicted molar refractivity (Wildman–Crippen MR) is 64.0 cm³/mol. The Morgan fingerprint density at radius 1 is 1.13 bits per heavy atom. The zero-order valence-electron chi connectivity index (χ0n) is 10.8. The van der Waals surface area contributed by atoms with E-state index < -0.39 is 0 Å². The lowest BCUT2D eigenvalue weighted by Gasteiger charge is -2.32. The van der Waals surface area contributed by atoms with Crippen LogP contribution in [0.5, 0.6) is 0 Å². The summed E-state index contributed by atoms with van der Waals surface area (Å²) in [7, 11) is 5.72. The van der Waals surface area contributed by atoms with E-state index in [4.69, 9.17) is 0 Å². The smallest absolute Gasteiger partial charge is 0.236 e. The van der Waals surface area contributed by atoms with Crippen molar-refractivity contribution >= 4 is 5.91 Å². The lowest BCUT2D eigenvalue weighted by Crippen LogP contribution is -2.47. The van der Waals surface area contributed by atoms with Gasteiger partial charge in [-0.1, -0.05) is 13.8 Å². The van der Waals surface area contributed by atoms with Crippen LogP contribution in [0.25, 0.3) is 0 Å². The first-order valence-corrected chi connectivity index (χ1v) is 5.70. The maximum Gasteiger partial charge on any atom is 0.236 e. The summed E-state index contributed by atoms with van der Waals surface area (Å²) in [6.07, 6.45) is 0. The number of hydrogen-bond acceptors (Lipinski definition) is 3. The average Bonchev–Trinajstić information content (AvgIpc) is 2.24. The van der Waals surface area contributed by atoms with Crippen molar-refractivity contribution in [1.82, 2.24) is 14.7 Å². The molecular weight excluding hydrogens is 190 g/mol. The van der Waals surface area contributed by atoms with Crippen molar-refractivity contribution in [2.24, 2.45) is 0 Å². The molecule has 0 saturated carbocycles. The summed E-state index contributed by atoms with van der Waals surface area (Å²) in [5.41, 5.74) is 0. The van der Waals surface area contributed by atoms with Crippen molar-refractivity contribution in [3.05, 3.63) is 0 Å². The summed E-state index contributed by atoms with van der Waals surface area (Å²) < 4.78 is 0. The normalized spacial score (nSPS) is 17.9. The number of carbonyl (C=O) groups is 1. The molecule has 1 rings (SSSR count). The Balaban J connectivity index is 0.000000921. The molecule has 4 nitrogen and oxygen atoms in total. The quantitative estimate of drug-likeness (QED) is 0.665. The molecule has 0 radical (unpaired) electrons. The van der Waals surface area contributed by atoms with Crippen LogP contribution in [0.1, 0.15) is 13.8 Å². The van der Waals surface area contributed by atoms with Crippen LogP contribution < -0.4 is 0 Å². The molecule has 1 amide bonds. The molecule has 0 aliphatic carbocycles. The first-order valence-electron chi connectivity index (χ1n) is 5.70. The fourth-order valence-corrected chi connectivity index (χ4v) is 1.34. The Morgan fingerprint density at radius 3 is 2.00 bits per heavy atom. The molecule has 1 aliphatic heterocycles. The first kappa shape index (κ1) is 14.4. The van der Waals surface area contributed by atoms with Gasteiger partial charge in [-0.05, 0) is 7.05 Å². The maximum atomic E-state index is 11.4. The number of nitrogens with zero attached hydrogens (tertiary/aromatic N) is 3. The van der Waals surface area contributed by atoms with E-state index in [1.165, 1.54) is 0 Å². The Morgan fingerprint density at radius 2 is 1.60 bits per heavy atom. The highest BCUT2D eigenvalue weighted by Gasteiger charge is 2.16. The van der Waals surface area contributed by atoms with E-state index in [0.29, 0.717) is 6.54 Å². The molecule has 1 heterocycles. The van der Waals surface area contributed by atoms with E-state index >= 15 is 0 Å². The van der Waals surface area contributed by atoms with Crippen LogP contribution in [-0.4, -0.2) is 74.5 Å². The van der Waals surface area contributed by atoms with Crippen molar-refractivity contribution in [3.8, 4) is 0 Å². The molecule has 0 aromatic carbocycles. The maximum absolute atomic E-state index is 11.4. The molecule has 90 valence electrons. The highest BCUT2D eigenvalue weighted by atomic mass is 16.2. The molecule has 0 N–H and O–H groups in total. The topological polar surface area (TPSA) is 26.8 Å². The van der Waals surface area contributed by atoms with E-state index in [9.17, 15) is 4.79 Å². The zero-order chi connectivity index (χ0) is 11.8. The Labute approximate surface area is 93.8 Å². The Hall–Kier alpha value is -0.610. The van der Waals surface area contributed by atoms with Crippen LogP contribution in [0, 0.1) is 0 Å². The summed E-state index contributed by atoms with van der Waals surface area (Å²) in [5, 5.41) is 0. The van der Waals surface area contributed by atoms with Crippen molar-refractivity contribution < 1.29 is 4.79 Å². The standard InChI is InChI=1S/C9H19N3O.C2H6/c1-10(2)9(13)8-12-6-4-11(3)5-7-12;1-2/h4-8H2,1-3H3;1-2H3. The monoisotopic (exact) mass is 215 g/mol. The van der Waals surface area contributed by atoms with Gasteiger partial charge >= 0.3 is 0 Å². The Kier molecular flexibility index (Phi) is 7.34. The van der Waals surface area contributed by atoms with Gasteiger partial charge in [0, 0.05) is 40.3 Å². The molecule has 1 aliphatic rings. The lowest BCUT2D eigenvalue weighted by molar-refractivity contribution is -0.130. The Bertz CT molecular complexity index is 175. The van der Waals surface area contributed by atoms with Crippen molar-refractivity contribution in [2.45, 2.75) is 13.8 Å². The highest BCUT2D eigenvalue weighted by Crippen LogP contribution is 1.98. The molecular formula is C11H25N3O. The van der Waals surface area contributed by atoms with Gasteiger partial charge in [0.15, 0.2) is 0 Å². The number of hydrogen-bond donors (Lipinski definition) is 0. The van der Waals surface area contributed by atoms with E-state index in [2.05, 4.69) is 16.8 Å². The molecule has 0 bridgehead atoms. The highest BCUT2D eigenvalue weighted by molar-refractivity contribution is 5.77.